The monoisotopic (exact) mass is 426 g/mol. The van der Waals surface area contributed by atoms with Gasteiger partial charge in [-0.3, -0.25) is 9.89 Å². The van der Waals surface area contributed by atoms with Crippen LogP contribution in [-0.2, 0) is 4.79 Å². The molecule has 0 saturated heterocycles. The number of methoxy groups -OCH3 is 2. The molecule has 158 valence electrons. The first kappa shape index (κ1) is 21.7. The standard InChI is InChI=1S/C22H26N4O3S/c1-14(2)20(15-8-6-5-7-9-15)23-19(27)13-30-22-24-21(25-26-22)17-11-10-16(28-3)12-18(17)29-4/h5-12,14,20H,13H2,1-4H3,(H,23,27)(H,24,25,26). The molecule has 0 fully saturated rings. The summed E-state index contributed by atoms with van der Waals surface area (Å²) in [6, 6.07) is 15.4. The molecule has 7 nitrogen and oxygen atoms in total. The Bertz CT molecular complexity index is 976. The van der Waals surface area contributed by atoms with E-state index in [1.54, 1.807) is 20.3 Å². The molecular formula is C22H26N4O3S. The van der Waals surface area contributed by atoms with Crippen LogP contribution in [0, 0.1) is 5.92 Å². The number of carbonyl (C=O) groups is 1. The molecule has 0 saturated carbocycles. The molecule has 0 aliphatic rings. The number of aromatic amines is 1. The van der Waals surface area contributed by atoms with Gasteiger partial charge >= 0.3 is 0 Å². The van der Waals surface area contributed by atoms with E-state index in [0.717, 1.165) is 11.1 Å². The minimum atomic E-state index is -0.0593. The number of nitrogens with one attached hydrogen (secondary N) is 2. The summed E-state index contributed by atoms with van der Waals surface area (Å²) in [7, 11) is 3.19. The normalized spacial score (nSPS) is 11.9. The molecule has 2 N–H and O–H groups in total. The van der Waals surface area contributed by atoms with E-state index in [0.29, 0.717) is 22.5 Å². The van der Waals surface area contributed by atoms with Gasteiger partial charge in [0.2, 0.25) is 11.1 Å². The Morgan fingerprint density at radius 1 is 1.13 bits per heavy atom. The van der Waals surface area contributed by atoms with E-state index in [2.05, 4.69) is 34.3 Å². The molecule has 1 amide bonds. The highest BCUT2D eigenvalue weighted by molar-refractivity contribution is 7.99. The molecule has 1 heterocycles. The van der Waals surface area contributed by atoms with Crippen LogP contribution in [0.3, 0.4) is 0 Å². The van der Waals surface area contributed by atoms with Gasteiger partial charge in [-0.2, -0.15) is 0 Å². The number of carbonyl (C=O) groups excluding carboxylic acids is 1. The predicted octanol–water partition coefficient (Wildman–Crippen LogP) is 4.09. The molecule has 0 aliphatic heterocycles. The zero-order valence-electron chi connectivity index (χ0n) is 17.5. The molecule has 0 bridgehead atoms. The van der Waals surface area contributed by atoms with Crippen molar-refractivity contribution in [3.8, 4) is 22.9 Å². The maximum Gasteiger partial charge on any atom is 0.230 e. The van der Waals surface area contributed by atoms with Gasteiger partial charge in [0.25, 0.3) is 0 Å². The fourth-order valence-corrected chi connectivity index (χ4v) is 3.68. The molecule has 2 aromatic carbocycles. The van der Waals surface area contributed by atoms with Crippen LogP contribution in [0.5, 0.6) is 11.5 Å². The second-order valence-corrected chi connectivity index (χ2v) is 7.96. The number of benzene rings is 2. The number of hydrogen-bond acceptors (Lipinski definition) is 6. The smallest absolute Gasteiger partial charge is 0.230 e. The van der Waals surface area contributed by atoms with E-state index in [1.807, 2.05) is 42.5 Å². The molecule has 1 unspecified atom stereocenters. The highest BCUT2D eigenvalue weighted by Crippen LogP contribution is 2.32. The first-order valence-corrected chi connectivity index (χ1v) is 10.6. The summed E-state index contributed by atoms with van der Waals surface area (Å²) in [5, 5.41) is 10.7. The van der Waals surface area contributed by atoms with Crippen molar-refractivity contribution in [2.45, 2.75) is 25.0 Å². The van der Waals surface area contributed by atoms with Crippen molar-refractivity contribution < 1.29 is 14.3 Å². The first-order chi connectivity index (χ1) is 14.5. The topological polar surface area (TPSA) is 89.1 Å². The van der Waals surface area contributed by atoms with E-state index in [1.165, 1.54) is 11.8 Å². The number of amides is 1. The molecule has 0 spiro atoms. The maximum atomic E-state index is 12.5. The van der Waals surface area contributed by atoms with Gasteiger partial charge in [-0.05, 0) is 23.6 Å². The number of rotatable bonds is 9. The van der Waals surface area contributed by atoms with Crippen LogP contribution in [0.2, 0.25) is 0 Å². The number of aromatic nitrogens is 3. The third-order valence-electron chi connectivity index (χ3n) is 4.60. The van der Waals surface area contributed by atoms with Gasteiger partial charge in [-0.15, -0.1) is 5.10 Å². The van der Waals surface area contributed by atoms with Crippen molar-refractivity contribution in [1.29, 1.82) is 0 Å². The van der Waals surface area contributed by atoms with Crippen molar-refractivity contribution in [1.82, 2.24) is 20.5 Å². The van der Waals surface area contributed by atoms with Crippen LogP contribution in [0.1, 0.15) is 25.5 Å². The molecule has 0 aliphatic carbocycles. The summed E-state index contributed by atoms with van der Waals surface area (Å²) < 4.78 is 10.6. The largest absolute Gasteiger partial charge is 0.497 e. The van der Waals surface area contributed by atoms with Gasteiger partial charge in [0, 0.05) is 6.07 Å². The third kappa shape index (κ3) is 5.33. The van der Waals surface area contributed by atoms with Gasteiger partial charge in [0.05, 0.1) is 31.6 Å². The van der Waals surface area contributed by atoms with Crippen LogP contribution >= 0.6 is 11.8 Å². The van der Waals surface area contributed by atoms with Crippen molar-refractivity contribution in [3.63, 3.8) is 0 Å². The van der Waals surface area contributed by atoms with Crippen LogP contribution < -0.4 is 14.8 Å². The molecule has 30 heavy (non-hydrogen) atoms. The number of nitrogens with zero attached hydrogens (tertiary/aromatic N) is 2. The molecule has 3 rings (SSSR count). The Morgan fingerprint density at radius 2 is 1.90 bits per heavy atom. The SMILES string of the molecule is COc1ccc(-c2nc(SCC(=O)NC(c3ccccc3)C(C)C)n[nH]2)c(OC)c1. The Labute approximate surface area is 180 Å². The molecule has 3 aromatic rings. The third-order valence-corrected chi connectivity index (χ3v) is 5.45. The minimum Gasteiger partial charge on any atom is -0.497 e. The van der Waals surface area contributed by atoms with Crippen molar-refractivity contribution in [2.75, 3.05) is 20.0 Å². The molecular weight excluding hydrogens is 400 g/mol. The lowest BCUT2D eigenvalue weighted by atomic mass is 9.96. The minimum absolute atomic E-state index is 0.0365. The summed E-state index contributed by atoms with van der Waals surface area (Å²) in [5.74, 6) is 2.34. The quantitative estimate of drug-likeness (QED) is 0.501. The van der Waals surface area contributed by atoms with Crippen molar-refractivity contribution in [3.05, 3.63) is 54.1 Å². The summed E-state index contributed by atoms with van der Waals surface area (Å²) in [5.41, 5.74) is 1.86. The molecule has 0 radical (unpaired) electrons. The first-order valence-electron chi connectivity index (χ1n) is 9.63. The second kappa shape index (κ2) is 10.2. The summed E-state index contributed by atoms with van der Waals surface area (Å²) in [4.78, 5) is 17.0. The van der Waals surface area contributed by atoms with E-state index in [4.69, 9.17) is 9.47 Å². The van der Waals surface area contributed by atoms with Crippen LogP contribution in [0.15, 0.2) is 53.7 Å². The fraction of sp³-hybridized carbons (Fsp3) is 0.318. The highest BCUT2D eigenvalue weighted by Gasteiger charge is 2.19. The van der Waals surface area contributed by atoms with Crippen molar-refractivity contribution in [2.24, 2.45) is 5.92 Å². The summed E-state index contributed by atoms with van der Waals surface area (Å²) in [6.45, 7) is 4.18. The lowest BCUT2D eigenvalue weighted by Gasteiger charge is -2.22. The Kier molecular flexibility index (Phi) is 7.35. The van der Waals surface area contributed by atoms with Gasteiger partial charge in [0.1, 0.15) is 11.5 Å². The van der Waals surface area contributed by atoms with Crippen LogP contribution in [-0.4, -0.2) is 41.1 Å². The Hall–Kier alpha value is -3.00. The van der Waals surface area contributed by atoms with E-state index >= 15 is 0 Å². The molecule has 8 heteroatoms. The van der Waals surface area contributed by atoms with E-state index in [9.17, 15) is 4.79 Å². The Balaban J connectivity index is 1.63. The lowest BCUT2D eigenvalue weighted by Crippen LogP contribution is -2.32. The van der Waals surface area contributed by atoms with Crippen LogP contribution in [0.4, 0.5) is 0 Å². The summed E-state index contributed by atoms with van der Waals surface area (Å²) >= 11 is 1.28. The van der Waals surface area contributed by atoms with Crippen LogP contribution in [0.25, 0.3) is 11.4 Å². The zero-order valence-corrected chi connectivity index (χ0v) is 18.3. The average molecular weight is 427 g/mol. The number of hydrogen-bond donors (Lipinski definition) is 2. The fourth-order valence-electron chi connectivity index (χ4n) is 3.07. The second-order valence-electron chi connectivity index (χ2n) is 7.02. The zero-order chi connectivity index (χ0) is 21.5. The Morgan fingerprint density at radius 3 is 2.57 bits per heavy atom. The highest BCUT2D eigenvalue weighted by atomic mass is 32.2. The number of thioether (sulfide) groups is 1. The predicted molar refractivity (Wildman–Crippen MR) is 118 cm³/mol. The lowest BCUT2D eigenvalue weighted by molar-refractivity contribution is -0.119. The maximum absolute atomic E-state index is 12.5. The van der Waals surface area contributed by atoms with Crippen molar-refractivity contribution >= 4 is 17.7 Å². The number of H-pyrrole nitrogens is 1. The van der Waals surface area contributed by atoms with E-state index in [-0.39, 0.29) is 23.6 Å². The van der Waals surface area contributed by atoms with E-state index < -0.39 is 0 Å². The van der Waals surface area contributed by atoms with Gasteiger partial charge in [-0.25, -0.2) is 4.98 Å². The molecule has 1 aromatic heterocycles. The molecule has 1 atom stereocenters. The average Bonchev–Trinajstić information content (AvgIpc) is 3.24. The van der Waals surface area contributed by atoms with Gasteiger partial charge in [-0.1, -0.05) is 55.9 Å². The number of ether oxygens (including phenoxy) is 2. The summed E-state index contributed by atoms with van der Waals surface area (Å²) in [6.07, 6.45) is 0. The van der Waals surface area contributed by atoms with Gasteiger partial charge in [0.15, 0.2) is 5.82 Å². The van der Waals surface area contributed by atoms with Gasteiger partial charge < -0.3 is 14.8 Å².